The Balaban J connectivity index is 2.28. The Morgan fingerprint density at radius 2 is 1.32 bits per heavy atom. The van der Waals surface area contributed by atoms with Gasteiger partial charge in [0.2, 0.25) is 0 Å². The lowest BCUT2D eigenvalue weighted by molar-refractivity contribution is -0.310. The zero-order valence-electron chi connectivity index (χ0n) is 15.9. The van der Waals surface area contributed by atoms with Crippen molar-refractivity contribution in [2.75, 3.05) is 0 Å². The fourth-order valence-corrected chi connectivity index (χ4v) is 3.63. The summed E-state index contributed by atoms with van der Waals surface area (Å²) in [6.45, 7) is 0. The van der Waals surface area contributed by atoms with Crippen molar-refractivity contribution in [1.29, 1.82) is 0 Å². The molecule has 0 amide bonds. The summed E-state index contributed by atoms with van der Waals surface area (Å²) in [7, 11) is 0. The average Bonchev–Trinajstić information content (AvgIpc) is 2.71. The molecule has 0 aliphatic heterocycles. The van der Waals surface area contributed by atoms with E-state index in [0.717, 1.165) is 24.3 Å². The largest absolute Gasteiger partial charge is 0.872 e. The van der Waals surface area contributed by atoms with Crippen molar-refractivity contribution in [1.82, 2.24) is 0 Å². The highest BCUT2D eigenvalue weighted by Crippen LogP contribution is 2.38. The Morgan fingerprint density at radius 1 is 0.839 bits per heavy atom. The van der Waals surface area contributed by atoms with E-state index in [1.807, 2.05) is 0 Å². The lowest BCUT2D eigenvalue weighted by Gasteiger charge is -2.27. The van der Waals surface area contributed by atoms with Gasteiger partial charge in [-0.25, -0.2) is 9.59 Å². The van der Waals surface area contributed by atoms with E-state index in [9.17, 15) is 44.7 Å². The fraction of sp³-hybridized carbons (Fsp3) is 0.182. The smallest absolute Gasteiger partial charge is 0.335 e. The first kappa shape index (κ1) is 21.6. The molecule has 1 aliphatic carbocycles. The third kappa shape index (κ3) is 4.25. The van der Waals surface area contributed by atoms with Crippen molar-refractivity contribution in [2.24, 2.45) is 5.92 Å². The van der Waals surface area contributed by atoms with Crippen LogP contribution < -0.4 is 15.3 Å². The van der Waals surface area contributed by atoms with Crippen LogP contribution in [-0.2, 0) is 9.59 Å². The summed E-state index contributed by atoms with van der Waals surface area (Å²) in [4.78, 5) is 46.2. The standard InChI is InChI=1S/C22H18O9/c23-16-4-1-10(7-13(16)20(26)27)19(11-2-5-17(24)14(8-11)21(28)29)12-3-6-18(25)15(9-12)22(30)31/h1-2,4-5,7-8,15,23-24H,3,6,9H2,(H,26,27)(H,28,29)(H,30,31)/p-3. The first-order chi connectivity index (χ1) is 14.6. The van der Waals surface area contributed by atoms with Crippen LogP contribution in [0.15, 0.2) is 42.0 Å². The van der Waals surface area contributed by atoms with E-state index in [2.05, 4.69) is 0 Å². The number of hydrogen-bond acceptors (Lipinski definition) is 7. The Kier molecular flexibility index (Phi) is 5.78. The number of carboxylic acids is 3. The van der Waals surface area contributed by atoms with E-state index in [4.69, 9.17) is 0 Å². The van der Waals surface area contributed by atoms with E-state index in [-0.39, 0.29) is 36.0 Å². The Bertz CT molecular complexity index is 1080. The third-order valence-electron chi connectivity index (χ3n) is 5.15. The summed E-state index contributed by atoms with van der Waals surface area (Å²) in [5, 5.41) is 53.7. The van der Waals surface area contributed by atoms with Crippen LogP contribution in [-0.4, -0.2) is 33.9 Å². The number of allylic oxidation sites excluding steroid dienone is 1. The average molecular weight is 423 g/mol. The number of carbonyl (C=O) groups is 4. The molecule has 9 heteroatoms. The highest BCUT2D eigenvalue weighted by Gasteiger charge is 2.29. The first-order valence-electron chi connectivity index (χ1n) is 9.15. The summed E-state index contributed by atoms with van der Waals surface area (Å²) in [5.41, 5.74) is 0.0834. The molecule has 160 valence electrons. The molecule has 1 fully saturated rings. The number of carboxylic acid groups (broad SMARTS) is 3. The lowest BCUT2D eigenvalue weighted by atomic mass is 9.79. The predicted molar refractivity (Wildman–Crippen MR) is 99.1 cm³/mol. The molecule has 0 radical (unpaired) electrons. The van der Waals surface area contributed by atoms with Crippen LogP contribution in [0.2, 0.25) is 0 Å². The molecule has 1 aliphatic rings. The summed E-state index contributed by atoms with van der Waals surface area (Å²) >= 11 is 0. The van der Waals surface area contributed by atoms with Crippen molar-refractivity contribution in [2.45, 2.75) is 19.3 Å². The molecule has 2 aromatic carbocycles. The molecule has 1 atom stereocenters. The van der Waals surface area contributed by atoms with Crippen LogP contribution in [0.1, 0.15) is 51.1 Å². The van der Waals surface area contributed by atoms with E-state index < -0.39 is 52.2 Å². The van der Waals surface area contributed by atoms with E-state index in [0.29, 0.717) is 5.57 Å². The van der Waals surface area contributed by atoms with Crippen molar-refractivity contribution in [3.8, 4) is 11.5 Å². The Labute approximate surface area is 175 Å². The molecule has 3 rings (SSSR count). The van der Waals surface area contributed by atoms with Crippen LogP contribution in [0, 0.1) is 5.92 Å². The molecule has 31 heavy (non-hydrogen) atoms. The van der Waals surface area contributed by atoms with Gasteiger partial charge >= 0.3 is 11.9 Å². The third-order valence-corrected chi connectivity index (χ3v) is 5.15. The molecule has 2 aromatic rings. The van der Waals surface area contributed by atoms with Gasteiger partial charge in [-0.15, -0.1) is 0 Å². The van der Waals surface area contributed by atoms with Gasteiger partial charge < -0.3 is 30.3 Å². The number of benzene rings is 2. The summed E-state index contributed by atoms with van der Waals surface area (Å²) in [6.07, 6.45) is -0.186. The number of hydrogen-bond donors (Lipinski definition) is 2. The van der Waals surface area contributed by atoms with Crippen LogP contribution in [0.3, 0.4) is 0 Å². The topological polar surface area (TPSA) is 178 Å². The predicted octanol–water partition coefficient (Wildman–Crippen LogP) is 0.151. The second-order valence-electron chi connectivity index (χ2n) is 7.05. The van der Waals surface area contributed by atoms with Gasteiger partial charge in [0.05, 0.1) is 23.0 Å². The molecule has 9 nitrogen and oxygen atoms in total. The van der Waals surface area contributed by atoms with E-state index in [1.54, 1.807) is 0 Å². The van der Waals surface area contributed by atoms with Gasteiger partial charge in [0, 0.05) is 6.42 Å². The zero-order valence-corrected chi connectivity index (χ0v) is 15.9. The van der Waals surface area contributed by atoms with Crippen molar-refractivity contribution in [3.63, 3.8) is 0 Å². The second-order valence-corrected chi connectivity index (χ2v) is 7.05. The normalized spacial score (nSPS) is 16.1. The van der Waals surface area contributed by atoms with Gasteiger partial charge in [-0.1, -0.05) is 41.3 Å². The number of rotatable bonds is 5. The molecule has 0 heterocycles. The number of Topliss-reactive ketones (excluding diaryl/α,β-unsaturated/α-hetero) is 1. The lowest BCUT2D eigenvalue weighted by Crippen LogP contribution is -2.38. The molecule has 0 saturated heterocycles. The Morgan fingerprint density at radius 3 is 1.74 bits per heavy atom. The fourth-order valence-electron chi connectivity index (χ4n) is 3.63. The minimum Gasteiger partial charge on any atom is -0.872 e. The maximum Gasteiger partial charge on any atom is 0.335 e. The number of ketones is 1. The van der Waals surface area contributed by atoms with Gasteiger partial charge in [-0.05, 0) is 41.7 Å². The molecule has 0 aromatic heterocycles. The Hall–Kier alpha value is -4.14. The molecular weight excluding hydrogens is 408 g/mol. The zero-order chi connectivity index (χ0) is 22.9. The van der Waals surface area contributed by atoms with Crippen molar-refractivity contribution < 1.29 is 44.7 Å². The second kappa shape index (κ2) is 8.31. The van der Waals surface area contributed by atoms with Gasteiger partial charge in [-0.3, -0.25) is 4.79 Å². The van der Waals surface area contributed by atoms with Gasteiger partial charge in [-0.2, -0.15) is 0 Å². The van der Waals surface area contributed by atoms with Crippen LogP contribution in [0.25, 0.3) is 5.57 Å². The SMILES string of the molecule is O=C(O)c1cc(C(=C2CCC(=O)C(C(=O)[O-])C2)c2ccc([O-])c(C(=O)O)c2)ccc1[O-]. The monoisotopic (exact) mass is 423 g/mol. The first-order valence-corrected chi connectivity index (χ1v) is 9.15. The van der Waals surface area contributed by atoms with Gasteiger partial charge in [0.15, 0.2) is 0 Å². The van der Waals surface area contributed by atoms with Crippen LogP contribution >= 0.6 is 0 Å². The molecule has 1 unspecified atom stereocenters. The maximum atomic E-state index is 12.0. The van der Waals surface area contributed by atoms with Crippen LogP contribution in [0.5, 0.6) is 11.5 Å². The molecule has 0 spiro atoms. The molecule has 1 saturated carbocycles. The minimum absolute atomic E-state index is 0.103. The summed E-state index contributed by atoms with van der Waals surface area (Å²) in [5.74, 6) is -7.89. The van der Waals surface area contributed by atoms with Gasteiger partial charge in [0.1, 0.15) is 5.78 Å². The van der Waals surface area contributed by atoms with Crippen LogP contribution in [0.4, 0.5) is 0 Å². The summed E-state index contributed by atoms with van der Waals surface area (Å²) < 4.78 is 0. The highest BCUT2D eigenvalue weighted by molar-refractivity contribution is 6.00. The molecule has 2 N–H and O–H groups in total. The molecule has 0 bridgehead atoms. The summed E-state index contributed by atoms with van der Waals surface area (Å²) in [6, 6.07) is 6.92. The quantitative estimate of drug-likeness (QED) is 0.633. The van der Waals surface area contributed by atoms with E-state index >= 15 is 0 Å². The number of carbonyl (C=O) groups excluding carboxylic acids is 2. The number of aromatic carboxylic acids is 2. The van der Waals surface area contributed by atoms with Gasteiger partial charge in [0.25, 0.3) is 0 Å². The molecular formula is C22H15O9-3. The minimum atomic E-state index is -1.55. The highest BCUT2D eigenvalue weighted by atomic mass is 16.4. The van der Waals surface area contributed by atoms with Crippen molar-refractivity contribution in [3.05, 3.63) is 64.2 Å². The maximum absolute atomic E-state index is 12.0. The van der Waals surface area contributed by atoms with Crippen molar-refractivity contribution >= 4 is 29.3 Å². The number of aliphatic carboxylic acids is 1. The van der Waals surface area contributed by atoms with E-state index in [1.165, 1.54) is 12.1 Å².